The average Bonchev–Trinajstić information content (AvgIpc) is 3.50. The Morgan fingerprint density at radius 3 is 2.30 bits per heavy atom. The van der Waals surface area contributed by atoms with Gasteiger partial charge >= 0.3 is 0 Å². The van der Waals surface area contributed by atoms with Crippen LogP contribution in [-0.4, -0.2) is 67.8 Å². The Labute approximate surface area is 251 Å². The smallest absolute Gasteiger partial charge is 0.248 e. The molecule has 0 aliphatic carbocycles. The van der Waals surface area contributed by atoms with Crippen LogP contribution in [0, 0.1) is 17.8 Å². The predicted octanol–water partition coefficient (Wildman–Crippen LogP) is 4.80. The van der Waals surface area contributed by atoms with Crippen LogP contribution in [0.5, 0.6) is 5.75 Å². The van der Waals surface area contributed by atoms with Crippen LogP contribution in [0.4, 0.5) is 11.4 Å². The molecule has 3 saturated heterocycles. The summed E-state index contributed by atoms with van der Waals surface area (Å²) in [6.45, 7) is 6.00. The summed E-state index contributed by atoms with van der Waals surface area (Å²) < 4.78 is 4.68. The van der Waals surface area contributed by atoms with Crippen molar-refractivity contribution >= 4 is 68.4 Å². The highest BCUT2D eigenvalue weighted by Gasteiger charge is 2.76. The molecule has 8 nitrogen and oxygen atoms in total. The van der Waals surface area contributed by atoms with E-state index < -0.39 is 28.7 Å². The molecule has 2 bridgehead atoms. The van der Waals surface area contributed by atoms with Crippen molar-refractivity contribution < 1.29 is 24.2 Å². The Balaban J connectivity index is 1.49. The van der Waals surface area contributed by atoms with Gasteiger partial charge in [0.15, 0.2) is 0 Å². The van der Waals surface area contributed by atoms with Crippen LogP contribution in [0.2, 0.25) is 5.02 Å². The molecule has 3 amide bonds. The number of benzene rings is 2. The Bertz CT molecular complexity index is 1280. The van der Waals surface area contributed by atoms with Gasteiger partial charge in [0.25, 0.3) is 0 Å². The third-order valence-corrected chi connectivity index (χ3v) is 11.6. The number of amides is 3. The van der Waals surface area contributed by atoms with Crippen LogP contribution >= 0.6 is 39.3 Å². The number of hydrogen-bond donors (Lipinski definition) is 3. The SMILES string of the molecule is CCOc1ccc(NC(=O)[C@H]2[C@H]3C(=O)N([C@@H](CO)C(C)C)C(C(=O)Nc4ccc(Cl)cc4)C34CC(Br)[C@@H]2S4)cc1. The molecule has 3 aliphatic heterocycles. The summed E-state index contributed by atoms with van der Waals surface area (Å²) in [5.74, 6) is -1.60. The molecule has 11 heteroatoms. The second-order valence-electron chi connectivity index (χ2n) is 10.8. The molecule has 7 atom stereocenters. The summed E-state index contributed by atoms with van der Waals surface area (Å²) in [7, 11) is 0. The molecule has 214 valence electrons. The fraction of sp³-hybridized carbons (Fsp3) is 0.483. The predicted molar refractivity (Wildman–Crippen MR) is 161 cm³/mol. The van der Waals surface area contributed by atoms with Crippen LogP contribution in [0.25, 0.3) is 0 Å². The molecule has 3 heterocycles. The molecule has 3 fully saturated rings. The summed E-state index contributed by atoms with van der Waals surface area (Å²) in [5, 5.41) is 16.7. The minimum atomic E-state index is -0.862. The van der Waals surface area contributed by atoms with Crippen LogP contribution in [-0.2, 0) is 14.4 Å². The Morgan fingerprint density at radius 1 is 1.12 bits per heavy atom. The van der Waals surface area contributed by atoms with E-state index in [1.807, 2.05) is 20.8 Å². The fourth-order valence-electron chi connectivity index (χ4n) is 6.41. The van der Waals surface area contributed by atoms with Gasteiger partial charge in [-0.2, -0.15) is 0 Å². The number of thioether (sulfide) groups is 1. The van der Waals surface area contributed by atoms with E-state index in [4.69, 9.17) is 16.3 Å². The molecule has 3 aliphatic rings. The molecule has 3 N–H and O–H groups in total. The van der Waals surface area contributed by atoms with E-state index in [1.54, 1.807) is 65.2 Å². The molecular weight excluding hydrogens is 618 g/mol. The maximum Gasteiger partial charge on any atom is 0.248 e. The van der Waals surface area contributed by atoms with E-state index in [0.29, 0.717) is 35.2 Å². The van der Waals surface area contributed by atoms with Crippen molar-refractivity contribution in [1.82, 2.24) is 4.90 Å². The molecule has 1 spiro atoms. The normalized spacial score (nSPS) is 29.4. The van der Waals surface area contributed by atoms with Crippen molar-refractivity contribution in [2.75, 3.05) is 23.8 Å². The molecule has 5 rings (SSSR count). The van der Waals surface area contributed by atoms with Crippen molar-refractivity contribution in [2.45, 2.75) is 54.1 Å². The first kappa shape index (κ1) is 29.2. The van der Waals surface area contributed by atoms with Gasteiger partial charge in [-0.25, -0.2) is 0 Å². The number of anilines is 2. The summed E-state index contributed by atoms with van der Waals surface area (Å²) in [5.41, 5.74) is 1.17. The van der Waals surface area contributed by atoms with Gasteiger partial charge in [-0.15, -0.1) is 11.8 Å². The van der Waals surface area contributed by atoms with Gasteiger partial charge in [0, 0.05) is 26.5 Å². The number of rotatable bonds is 9. The minimum Gasteiger partial charge on any atom is -0.494 e. The van der Waals surface area contributed by atoms with Crippen LogP contribution in [0.3, 0.4) is 0 Å². The Kier molecular flexibility index (Phi) is 8.44. The quantitative estimate of drug-likeness (QED) is 0.337. The Morgan fingerprint density at radius 2 is 1.73 bits per heavy atom. The van der Waals surface area contributed by atoms with Crippen LogP contribution in [0.15, 0.2) is 48.5 Å². The number of nitrogens with one attached hydrogen (secondary N) is 2. The van der Waals surface area contributed by atoms with Crippen LogP contribution < -0.4 is 15.4 Å². The largest absolute Gasteiger partial charge is 0.494 e. The van der Waals surface area contributed by atoms with E-state index in [0.717, 1.165) is 0 Å². The number of fused-ring (bicyclic) bond motifs is 1. The number of carbonyl (C=O) groups is 3. The second-order valence-corrected chi connectivity index (χ2v) is 14.0. The second kappa shape index (κ2) is 11.5. The summed E-state index contributed by atoms with van der Waals surface area (Å²) in [6, 6.07) is 12.5. The molecule has 0 aromatic heterocycles. The summed E-state index contributed by atoms with van der Waals surface area (Å²) >= 11 is 11.4. The zero-order valence-electron chi connectivity index (χ0n) is 22.5. The van der Waals surface area contributed by atoms with E-state index in [-0.39, 0.29) is 40.3 Å². The number of hydrogen-bond acceptors (Lipinski definition) is 6. The maximum atomic E-state index is 14.3. The van der Waals surface area contributed by atoms with E-state index in [1.165, 1.54) is 0 Å². The Hall–Kier alpha value is -2.27. The van der Waals surface area contributed by atoms with Gasteiger partial charge < -0.3 is 25.4 Å². The highest BCUT2D eigenvalue weighted by molar-refractivity contribution is 9.09. The number of ether oxygens (including phenoxy) is 1. The van der Waals surface area contributed by atoms with Gasteiger partial charge in [0.05, 0.1) is 35.8 Å². The zero-order chi connectivity index (χ0) is 28.8. The van der Waals surface area contributed by atoms with Crippen molar-refractivity contribution in [2.24, 2.45) is 17.8 Å². The first-order valence-corrected chi connectivity index (χ1v) is 15.6. The number of nitrogens with zero attached hydrogens (tertiary/aromatic N) is 1. The van der Waals surface area contributed by atoms with Crippen molar-refractivity contribution in [3.8, 4) is 5.75 Å². The molecule has 3 unspecified atom stereocenters. The third kappa shape index (κ3) is 5.01. The molecular formula is C29H33BrClN3O5S. The lowest BCUT2D eigenvalue weighted by Gasteiger charge is -2.38. The van der Waals surface area contributed by atoms with Crippen molar-refractivity contribution in [3.05, 3.63) is 53.6 Å². The fourth-order valence-corrected chi connectivity index (χ4v) is 10.1. The lowest BCUT2D eigenvalue weighted by Crippen LogP contribution is -2.56. The van der Waals surface area contributed by atoms with Gasteiger partial charge in [-0.1, -0.05) is 41.4 Å². The summed E-state index contributed by atoms with van der Waals surface area (Å²) in [4.78, 5) is 43.6. The standard InChI is InChI=1S/C29H33BrClN3O5S/c1-4-39-19-11-9-18(10-12-19)32-26(36)22-23-28(38)34(21(14-35)15(2)3)25(29(23)13-20(30)24(22)40-29)27(37)33-17-7-5-16(31)6-8-17/h5-12,15,20-25,35H,4,13-14H2,1-3H3,(H,32,36)(H,33,37)/t20?,21-,22-,23-,24-,25?,29?/m0/s1. The summed E-state index contributed by atoms with van der Waals surface area (Å²) in [6.07, 6.45) is 0.553. The third-order valence-electron chi connectivity index (χ3n) is 8.14. The van der Waals surface area contributed by atoms with Crippen molar-refractivity contribution in [1.29, 1.82) is 0 Å². The monoisotopic (exact) mass is 649 g/mol. The van der Waals surface area contributed by atoms with E-state index >= 15 is 0 Å². The topological polar surface area (TPSA) is 108 Å². The number of halogens is 2. The number of aliphatic hydroxyl groups is 1. The van der Waals surface area contributed by atoms with Gasteiger partial charge in [0.2, 0.25) is 17.7 Å². The molecule has 2 aromatic carbocycles. The highest BCUT2D eigenvalue weighted by atomic mass is 79.9. The highest BCUT2D eigenvalue weighted by Crippen LogP contribution is 2.68. The first-order valence-electron chi connectivity index (χ1n) is 13.5. The minimum absolute atomic E-state index is 0.0601. The number of aliphatic hydroxyl groups excluding tert-OH is 1. The van der Waals surface area contributed by atoms with Gasteiger partial charge in [-0.05, 0) is 67.8 Å². The van der Waals surface area contributed by atoms with E-state index in [2.05, 4.69) is 26.6 Å². The number of alkyl halides is 1. The van der Waals surface area contributed by atoms with E-state index in [9.17, 15) is 19.5 Å². The number of likely N-dealkylation sites (tertiary alicyclic amines) is 1. The molecule has 2 aromatic rings. The van der Waals surface area contributed by atoms with Gasteiger partial charge in [0.1, 0.15) is 11.8 Å². The molecule has 0 radical (unpaired) electrons. The molecule has 0 saturated carbocycles. The van der Waals surface area contributed by atoms with Crippen molar-refractivity contribution in [3.63, 3.8) is 0 Å². The zero-order valence-corrected chi connectivity index (χ0v) is 25.6. The lowest BCUT2D eigenvalue weighted by molar-refractivity contribution is -0.142. The average molecular weight is 651 g/mol. The molecule has 40 heavy (non-hydrogen) atoms. The van der Waals surface area contributed by atoms with Crippen LogP contribution in [0.1, 0.15) is 27.2 Å². The first-order chi connectivity index (χ1) is 19.1. The number of carbonyl (C=O) groups excluding carboxylic acids is 3. The maximum absolute atomic E-state index is 14.3. The van der Waals surface area contributed by atoms with Gasteiger partial charge in [-0.3, -0.25) is 14.4 Å². The lowest BCUT2D eigenvalue weighted by atomic mass is 9.70.